The van der Waals surface area contributed by atoms with Gasteiger partial charge in [0.1, 0.15) is 5.78 Å². The lowest BCUT2D eigenvalue weighted by molar-refractivity contribution is -0.153. The second-order valence-electron chi connectivity index (χ2n) is 8.68. The zero-order chi connectivity index (χ0) is 16.6. The molecule has 0 heterocycles. The number of fused-ring (bicyclic) bond motifs is 5. The minimum absolute atomic E-state index is 0.0502. The maximum absolute atomic E-state index is 12.4. The Morgan fingerprint density at radius 2 is 1.87 bits per heavy atom. The first kappa shape index (κ1) is 15.5. The Morgan fingerprint density at radius 1 is 1.13 bits per heavy atom. The van der Waals surface area contributed by atoms with Crippen LogP contribution in [-0.4, -0.2) is 34.0 Å². The lowest BCUT2D eigenvalue weighted by Crippen LogP contribution is -2.59. The van der Waals surface area contributed by atoms with Crippen LogP contribution in [0.3, 0.4) is 0 Å². The van der Waals surface area contributed by atoms with Crippen LogP contribution in [0.15, 0.2) is 11.6 Å². The predicted molar refractivity (Wildman–Crippen MR) is 84.5 cm³/mol. The minimum Gasteiger partial charge on any atom is -0.393 e. The van der Waals surface area contributed by atoms with Crippen LogP contribution in [0, 0.1) is 28.6 Å². The highest BCUT2D eigenvalue weighted by molar-refractivity contribution is 5.92. The fraction of sp³-hybridized carbons (Fsp3) is 0.789. The van der Waals surface area contributed by atoms with Crippen molar-refractivity contribution in [1.29, 1.82) is 0 Å². The third kappa shape index (κ3) is 1.91. The molecule has 0 saturated heterocycles. The normalized spacial score (nSPS) is 52.5. The molecule has 7 atom stereocenters. The molecule has 4 aliphatic rings. The van der Waals surface area contributed by atoms with Crippen molar-refractivity contribution in [2.45, 2.75) is 64.6 Å². The Balaban J connectivity index is 1.79. The molecule has 126 valence electrons. The van der Waals surface area contributed by atoms with E-state index >= 15 is 0 Å². The van der Waals surface area contributed by atoms with Gasteiger partial charge in [-0.15, -0.1) is 0 Å². The summed E-state index contributed by atoms with van der Waals surface area (Å²) in [5.74, 6) is 0.838. The van der Waals surface area contributed by atoms with E-state index < -0.39 is 17.6 Å². The van der Waals surface area contributed by atoms with Crippen molar-refractivity contribution in [3.63, 3.8) is 0 Å². The van der Waals surface area contributed by atoms with Crippen LogP contribution in [-0.2, 0) is 9.59 Å². The van der Waals surface area contributed by atoms with E-state index in [2.05, 4.69) is 6.92 Å². The molecule has 4 nitrogen and oxygen atoms in total. The summed E-state index contributed by atoms with van der Waals surface area (Å²) in [5, 5.41) is 21.6. The molecule has 0 aromatic heterocycles. The Bertz CT molecular complexity index is 608. The van der Waals surface area contributed by atoms with E-state index in [-0.39, 0.29) is 34.7 Å². The van der Waals surface area contributed by atoms with Crippen molar-refractivity contribution < 1.29 is 19.8 Å². The second kappa shape index (κ2) is 4.76. The summed E-state index contributed by atoms with van der Waals surface area (Å²) in [5.41, 5.74) is 0.0762. The average molecular weight is 318 g/mol. The van der Waals surface area contributed by atoms with Crippen molar-refractivity contribution in [1.82, 2.24) is 0 Å². The SMILES string of the molecule is CC12CC(O)C3C(CC(O)C4=CC(=O)CCC43C)C1CCC2=O. The van der Waals surface area contributed by atoms with Crippen LogP contribution in [0.4, 0.5) is 0 Å². The Labute approximate surface area is 137 Å². The summed E-state index contributed by atoms with van der Waals surface area (Å²) < 4.78 is 0. The molecule has 0 amide bonds. The summed E-state index contributed by atoms with van der Waals surface area (Å²) in [7, 11) is 0. The molecular weight excluding hydrogens is 292 g/mol. The minimum atomic E-state index is -0.615. The molecule has 4 rings (SSSR count). The van der Waals surface area contributed by atoms with Crippen molar-refractivity contribution in [2.75, 3.05) is 0 Å². The largest absolute Gasteiger partial charge is 0.393 e. The lowest BCUT2D eigenvalue weighted by Gasteiger charge is -2.59. The molecule has 0 bridgehead atoms. The zero-order valence-corrected chi connectivity index (χ0v) is 13.9. The van der Waals surface area contributed by atoms with Gasteiger partial charge in [0.15, 0.2) is 5.78 Å². The molecule has 2 N–H and O–H groups in total. The van der Waals surface area contributed by atoms with Crippen LogP contribution >= 0.6 is 0 Å². The second-order valence-corrected chi connectivity index (χ2v) is 8.68. The van der Waals surface area contributed by atoms with Crippen LogP contribution in [0.25, 0.3) is 0 Å². The number of Topliss-reactive ketones (excluding diaryl/α,β-unsaturated/α-hetero) is 1. The molecular formula is C19H26O4. The summed E-state index contributed by atoms with van der Waals surface area (Å²) in [4.78, 5) is 24.2. The van der Waals surface area contributed by atoms with Gasteiger partial charge in [-0.25, -0.2) is 0 Å². The zero-order valence-electron chi connectivity index (χ0n) is 13.9. The summed E-state index contributed by atoms with van der Waals surface area (Å²) in [6, 6.07) is 0. The Hall–Kier alpha value is -1.00. The van der Waals surface area contributed by atoms with E-state index in [1.807, 2.05) is 6.92 Å². The van der Waals surface area contributed by atoms with Gasteiger partial charge in [0, 0.05) is 18.3 Å². The summed E-state index contributed by atoms with van der Waals surface area (Å²) >= 11 is 0. The van der Waals surface area contributed by atoms with E-state index in [9.17, 15) is 19.8 Å². The number of aliphatic hydroxyl groups excluding tert-OH is 2. The van der Waals surface area contributed by atoms with Gasteiger partial charge in [0.05, 0.1) is 12.2 Å². The molecule has 3 saturated carbocycles. The summed E-state index contributed by atoms with van der Waals surface area (Å²) in [6.07, 6.45) is 4.26. The van der Waals surface area contributed by atoms with E-state index in [1.165, 1.54) is 0 Å². The van der Waals surface area contributed by atoms with E-state index in [0.29, 0.717) is 32.1 Å². The Kier molecular flexibility index (Phi) is 3.21. The average Bonchev–Trinajstić information content (AvgIpc) is 2.76. The van der Waals surface area contributed by atoms with Gasteiger partial charge >= 0.3 is 0 Å². The molecule has 0 radical (unpaired) electrons. The number of hydrogen-bond acceptors (Lipinski definition) is 4. The topological polar surface area (TPSA) is 74.6 Å². The van der Waals surface area contributed by atoms with E-state index in [4.69, 9.17) is 0 Å². The van der Waals surface area contributed by atoms with Gasteiger partial charge in [-0.1, -0.05) is 13.8 Å². The third-order valence-corrected chi connectivity index (χ3v) is 7.62. The maximum Gasteiger partial charge on any atom is 0.155 e. The van der Waals surface area contributed by atoms with Gasteiger partial charge in [-0.3, -0.25) is 9.59 Å². The molecule has 3 fully saturated rings. The van der Waals surface area contributed by atoms with Crippen LogP contribution < -0.4 is 0 Å². The molecule has 7 unspecified atom stereocenters. The first-order valence-electron chi connectivity index (χ1n) is 8.92. The predicted octanol–water partition coefficient (Wildman–Crippen LogP) is 2.03. The van der Waals surface area contributed by atoms with Gasteiger partial charge < -0.3 is 10.2 Å². The van der Waals surface area contributed by atoms with Crippen molar-refractivity contribution >= 4 is 11.6 Å². The smallest absolute Gasteiger partial charge is 0.155 e. The number of ketones is 2. The van der Waals surface area contributed by atoms with Gasteiger partial charge in [0.2, 0.25) is 0 Å². The fourth-order valence-electron chi connectivity index (χ4n) is 6.51. The van der Waals surface area contributed by atoms with Crippen molar-refractivity contribution in [3.05, 3.63) is 11.6 Å². The van der Waals surface area contributed by atoms with Gasteiger partial charge in [-0.05, 0) is 60.5 Å². The molecule has 0 spiro atoms. The molecule has 4 aliphatic carbocycles. The van der Waals surface area contributed by atoms with Crippen molar-refractivity contribution in [2.24, 2.45) is 28.6 Å². The number of rotatable bonds is 0. The highest BCUT2D eigenvalue weighted by Gasteiger charge is 2.63. The number of aliphatic hydroxyl groups is 2. The summed E-state index contributed by atoms with van der Waals surface area (Å²) in [6.45, 7) is 4.12. The third-order valence-electron chi connectivity index (χ3n) is 7.62. The maximum atomic E-state index is 12.4. The lowest BCUT2D eigenvalue weighted by atomic mass is 9.46. The monoisotopic (exact) mass is 318 g/mol. The van der Waals surface area contributed by atoms with E-state index in [1.54, 1.807) is 6.08 Å². The molecule has 0 aromatic rings. The number of carbonyl (C=O) groups excluding carboxylic acids is 2. The first-order valence-corrected chi connectivity index (χ1v) is 8.92. The number of carbonyl (C=O) groups is 2. The molecule has 23 heavy (non-hydrogen) atoms. The fourth-order valence-corrected chi connectivity index (χ4v) is 6.51. The van der Waals surface area contributed by atoms with Gasteiger partial charge in [0.25, 0.3) is 0 Å². The van der Waals surface area contributed by atoms with Crippen molar-refractivity contribution in [3.8, 4) is 0 Å². The van der Waals surface area contributed by atoms with E-state index in [0.717, 1.165) is 12.0 Å². The van der Waals surface area contributed by atoms with Crippen LogP contribution in [0.1, 0.15) is 52.4 Å². The van der Waals surface area contributed by atoms with Gasteiger partial charge in [-0.2, -0.15) is 0 Å². The highest BCUT2D eigenvalue weighted by Crippen LogP contribution is 2.64. The van der Waals surface area contributed by atoms with Crippen LogP contribution in [0.5, 0.6) is 0 Å². The molecule has 0 aliphatic heterocycles. The highest BCUT2D eigenvalue weighted by atomic mass is 16.3. The molecule has 4 heteroatoms. The quantitative estimate of drug-likeness (QED) is 0.717. The van der Waals surface area contributed by atoms with Crippen LogP contribution in [0.2, 0.25) is 0 Å². The Morgan fingerprint density at radius 3 is 2.61 bits per heavy atom. The standard InChI is InChI=1S/C19H26O4/c1-18-6-5-10(20)7-13(18)14(21)8-11-12-3-4-16(23)19(12,2)9-15(22)17(11)18/h7,11-12,14-15,17,21-22H,3-6,8-9H2,1-2H3. The number of hydrogen-bond donors (Lipinski definition) is 2. The molecule has 0 aromatic carbocycles. The first-order chi connectivity index (χ1) is 10.8.